The number of nitrogens with one attached hydrogen (secondary N) is 1. The predicted octanol–water partition coefficient (Wildman–Crippen LogP) is 5.69. The largest absolute Gasteiger partial charge is 0.493 e. The Balaban J connectivity index is 1.31. The fraction of sp³-hybridized carbons (Fsp3) is 0.419. The average molecular weight is 514 g/mol. The highest BCUT2D eigenvalue weighted by molar-refractivity contribution is 5.94. The van der Waals surface area contributed by atoms with Gasteiger partial charge < -0.3 is 24.6 Å². The molecule has 1 fully saturated rings. The number of rotatable bonds is 11. The molecule has 1 aliphatic heterocycles. The van der Waals surface area contributed by atoms with Gasteiger partial charge in [-0.15, -0.1) is 0 Å². The maximum Gasteiger partial charge on any atom is 0.162 e. The standard InChI is InChI=1S/C31H39N5O2/c1-4-35-16-18-36(19-17-35)15-9-5-8-14-32-31-26-21-28(37-2)29(38-3)22-27(26)33-30(34-31)25-13-12-23-10-6-7-11-24(23)20-25/h6-7,10-13,20-22H,4-5,8-9,14-19H2,1-3H3,(H,32,33,34). The van der Waals surface area contributed by atoms with E-state index in [4.69, 9.17) is 19.4 Å². The van der Waals surface area contributed by atoms with Crippen LogP contribution in [0, 0.1) is 0 Å². The molecule has 3 aromatic carbocycles. The Morgan fingerprint density at radius 3 is 2.29 bits per heavy atom. The highest BCUT2D eigenvalue weighted by atomic mass is 16.5. The topological polar surface area (TPSA) is 62.8 Å². The lowest BCUT2D eigenvalue weighted by atomic mass is 10.1. The van der Waals surface area contributed by atoms with Crippen molar-refractivity contribution >= 4 is 27.5 Å². The Morgan fingerprint density at radius 1 is 0.789 bits per heavy atom. The molecular weight excluding hydrogens is 474 g/mol. The third-order valence-corrected chi connectivity index (χ3v) is 7.56. The Hall–Kier alpha value is -3.42. The van der Waals surface area contributed by atoms with Gasteiger partial charge in [0.2, 0.25) is 0 Å². The van der Waals surface area contributed by atoms with Gasteiger partial charge in [0.1, 0.15) is 5.82 Å². The lowest BCUT2D eigenvalue weighted by Gasteiger charge is -2.33. The Labute approximate surface area is 225 Å². The fourth-order valence-electron chi connectivity index (χ4n) is 5.22. The zero-order valence-corrected chi connectivity index (χ0v) is 22.9. The summed E-state index contributed by atoms with van der Waals surface area (Å²) in [5.74, 6) is 2.86. The normalized spacial score (nSPS) is 14.7. The highest BCUT2D eigenvalue weighted by Crippen LogP contribution is 2.35. The Morgan fingerprint density at radius 2 is 1.53 bits per heavy atom. The number of likely N-dealkylation sites (N-methyl/N-ethyl adjacent to an activating group) is 1. The number of methoxy groups -OCH3 is 2. The van der Waals surface area contributed by atoms with E-state index in [9.17, 15) is 0 Å². The molecule has 200 valence electrons. The predicted molar refractivity (Wildman–Crippen MR) is 156 cm³/mol. The van der Waals surface area contributed by atoms with E-state index in [1.807, 2.05) is 12.1 Å². The number of aromatic nitrogens is 2. The minimum Gasteiger partial charge on any atom is -0.493 e. The molecule has 0 saturated carbocycles. The molecule has 2 heterocycles. The van der Waals surface area contributed by atoms with Crippen molar-refractivity contribution < 1.29 is 9.47 Å². The van der Waals surface area contributed by atoms with Gasteiger partial charge >= 0.3 is 0 Å². The summed E-state index contributed by atoms with van der Waals surface area (Å²) >= 11 is 0. The molecule has 0 atom stereocenters. The van der Waals surface area contributed by atoms with Gasteiger partial charge in [0.15, 0.2) is 17.3 Å². The summed E-state index contributed by atoms with van der Waals surface area (Å²) in [6, 6.07) is 18.6. The summed E-state index contributed by atoms with van der Waals surface area (Å²) < 4.78 is 11.1. The van der Waals surface area contributed by atoms with Crippen LogP contribution in [0.25, 0.3) is 33.1 Å². The minimum absolute atomic E-state index is 0.661. The number of hydrogen-bond acceptors (Lipinski definition) is 7. The van der Waals surface area contributed by atoms with Gasteiger partial charge in [-0.2, -0.15) is 0 Å². The van der Waals surface area contributed by atoms with E-state index >= 15 is 0 Å². The molecule has 0 spiro atoms. The zero-order valence-electron chi connectivity index (χ0n) is 22.9. The number of benzene rings is 3. The van der Waals surface area contributed by atoms with Crippen LogP contribution in [0.2, 0.25) is 0 Å². The lowest BCUT2D eigenvalue weighted by Crippen LogP contribution is -2.46. The van der Waals surface area contributed by atoms with Gasteiger partial charge in [0.05, 0.1) is 19.7 Å². The summed E-state index contributed by atoms with van der Waals surface area (Å²) in [6.07, 6.45) is 3.52. The number of hydrogen-bond donors (Lipinski definition) is 1. The first kappa shape index (κ1) is 26.2. The van der Waals surface area contributed by atoms with Crippen LogP contribution >= 0.6 is 0 Å². The molecule has 1 saturated heterocycles. The van der Waals surface area contributed by atoms with E-state index in [2.05, 4.69) is 64.5 Å². The molecular formula is C31H39N5O2. The van der Waals surface area contributed by atoms with E-state index in [-0.39, 0.29) is 0 Å². The molecule has 0 radical (unpaired) electrons. The molecule has 0 unspecified atom stereocenters. The van der Waals surface area contributed by atoms with Crippen molar-refractivity contribution in [2.45, 2.75) is 26.2 Å². The SMILES string of the molecule is CCN1CCN(CCCCCNc2nc(-c3ccc4ccccc4c3)nc3cc(OC)c(OC)cc23)CC1. The highest BCUT2D eigenvalue weighted by Gasteiger charge is 2.16. The van der Waals surface area contributed by atoms with E-state index in [1.54, 1.807) is 14.2 Å². The summed E-state index contributed by atoms with van der Waals surface area (Å²) in [5.41, 5.74) is 1.82. The van der Waals surface area contributed by atoms with Crippen molar-refractivity contribution in [3.05, 3.63) is 54.6 Å². The third-order valence-electron chi connectivity index (χ3n) is 7.56. The van der Waals surface area contributed by atoms with Gasteiger partial charge in [0.25, 0.3) is 0 Å². The number of unbranched alkanes of at least 4 members (excludes halogenated alkanes) is 2. The molecule has 5 rings (SSSR count). The number of ether oxygens (including phenoxy) is 2. The number of fused-ring (bicyclic) bond motifs is 2. The van der Waals surface area contributed by atoms with Crippen LogP contribution in [0.1, 0.15) is 26.2 Å². The van der Waals surface area contributed by atoms with Crippen molar-refractivity contribution in [3.63, 3.8) is 0 Å². The van der Waals surface area contributed by atoms with Crippen LogP contribution in [0.4, 0.5) is 5.82 Å². The average Bonchev–Trinajstić information content (AvgIpc) is 2.97. The van der Waals surface area contributed by atoms with E-state index < -0.39 is 0 Å². The lowest BCUT2D eigenvalue weighted by molar-refractivity contribution is 0.135. The fourth-order valence-corrected chi connectivity index (χ4v) is 5.22. The van der Waals surface area contributed by atoms with Gasteiger partial charge in [-0.25, -0.2) is 9.97 Å². The van der Waals surface area contributed by atoms with Crippen molar-refractivity contribution in [1.29, 1.82) is 0 Å². The molecule has 0 bridgehead atoms. The second-order valence-electron chi connectivity index (χ2n) is 9.95. The maximum absolute atomic E-state index is 5.58. The molecule has 1 N–H and O–H groups in total. The van der Waals surface area contributed by atoms with Crippen LogP contribution in [0.3, 0.4) is 0 Å². The Bertz CT molecular complexity index is 1370. The Kier molecular flexibility index (Phi) is 8.56. The first-order valence-electron chi connectivity index (χ1n) is 13.8. The molecule has 1 aliphatic rings. The molecule has 38 heavy (non-hydrogen) atoms. The molecule has 0 amide bonds. The van der Waals surface area contributed by atoms with Crippen molar-refractivity contribution in [3.8, 4) is 22.9 Å². The smallest absolute Gasteiger partial charge is 0.162 e. The van der Waals surface area contributed by atoms with E-state index in [0.717, 1.165) is 35.2 Å². The van der Waals surface area contributed by atoms with Crippen LogP contribution in [-0.2, 0) is 0 Å². The third kappa shape index (κ3) is 6.00. The van der Waals surface area contributed by atoms with Crippen molar-refractivity contribution in [1.82, 2.24) is 19.8 Å². The van der Waals surface area contributed by atoms with E-state index in [1.165, 1.54) is 62.9 Å². The van der Waals surface area contributed by atoms with Gasteiger partial charge in [-0.1, -0.05) is 49.7 Å². The van der Waals surface area contributed by atoms with Gasteiger partial charge in [0, 0.05) is 49.7 Å². The van der Waals surface area contributed by atoms with Crippen LogP contribution in [0.15, 0.2) is 54.6 Å². The van der Waals surface area contributed by atoms with Crippen molar-refractivity contribution in [2.75, 3.05) is 65.3 Å². The molecule has 1 aromatic heterocycles. The van der Waals surface area contributed by atoms with Gasteiger partial charge in [-0.05, 0) is 48.8 Å². The first-order chi connectivity index (χ1) is 18.7. The molecule has 4 aromatic rings. The first-order valence-corrected chi connectivity index (χ1v) is 13.8. The monoisotopic (exact) mass is 513 g/mol. The minimum atomic E-state index is 0.661. The number of piperazine rings is 1. The number of anilines is 1. The summed E-state index contributed by atoms with van der Waals surface area (Å²) in [7, 11) is 3.31. The maximum atomic E-state index is 5.58. The molecule has 7 nitrogen and oxygen atoms in total. The summed E-state index contributed by atoms with van der Waals surface area (Å²) in [4.78, 5) is 15.0. The molecule has 0 aliphatic carbocycles. The van der Waals surface area contributed by atoms with Crippen LogP contribution < -0.4 is 14.8 Å². The van der Waals surface area contributed by atoms with Crippen LogP contribution in [-0.4, -0.2) is 79.8 Å². The van der Waals surface area contributed by atoms with Crippen molar-refractivity contribution in [2.24, 2.45) is 0 Å². The molecule has 7 heteroatoms. The second-order valence-corrected chi connectivity index (χ2v) is 9.95. The van der Waals surface area contributed by atoms with E-state index in [0.29, 0.717) is 17.3 Å². The second kappa shape index (κ2) is 12.4. The number of nitrogens with zero attached hydrogens (tertiary/aromatic N) is 4. The van der Waals surface area contributed by atoms with Crippen LogP contribution in [0.5, 0.6) is 11.5 Å². The zero-order chi connectivity index (χ0) is 26.3. The summed E-state index contributed by atoms with van der Waals surface area (Å²) in [5, 5.41) is 6.91. The van der Waals surface area contributed by atoms with Gasteiger partial charge in [-0.3, -0.25) is 0 Å². The summed E-state index contributed by atoms with van der Waals surface area (Å²) in [6.45, 7) is 10.3. The quantitative estimate of drug-likeness (QED) is 0.259.